The number of ether oxygens (including phenoxy) is 1. The number of piperidine rings is 1. The first kappa shape index (κ1) is 17.3. The molecule has 138 valence electrons. The fraction of sp³-hybridized carbons (Fsp3) is 0.667. The number of anilines is 1. The Morgan fingerprint density at radius 2 is 1.80 bits per heavy atom. The summed E-state index contributed by atoms with van der Waals surface area (Å²) in [4.78, 5) is 2.42. The van der Waals surface area contributed by atoms with E-state index in [0.717, 1.165) is 39.0 Å². The fourth-order valence-electron chi connectivity index (χ4n) is 4.54. The van der Waals surface area contributed by atoms with Crippen LogP contribution < -0.4 is 14.9 Å². The van der Waals surface area contributed by atoms with Crippen LogP contribution in [0.4, 0.5) is 5.69 Å². The lowest BCUT2D eigenvalue weighted by Crippen LogP contribution is -2.71. The number of nitrogens with one attached hydrogen (secondary N) is 2. The Bertz CT molecular complexity index is 689. The molecular formula is C18H27N3O3S. The highest BCUT2D eigenvalue weighted by atomic mass is 32.2. The van der Waals surface area contributed by atoms with E-state index in [-0.39, 0.29) is 18.2 Å². The van der Waals surface area contributed by atoms with E-state index in [1.165, 1.54) is 11.9 Å². The van der Waals surface area contributed by atoms with E-state index >= 15 is 0 Å². The highest BCUT2D eigenvalue weighted by molar-refractivity contribution is 7.88. The Hall–Kier alpha value is -1.15. The molecule has 0 bridgehead atoms. The molecule has 0 aromatic heterocycles. The van der Waals surface area contributed by atoms with Gasteiger partial charge in [-0.1, -0.05) is 18.2 Å². The van der Waals surface area contributed by atoms with Gasteiger partial charge in [-0.3, -0.25) is 0 Å². The van der Waals surface area contributed by atoms with Crippen LogP contribution in [0.1, 0.15) is 19.3 Å². The zero-order chi connectivity index (χ0) is 17.4. The van der Waals surface area contributed by atoms with Gasteiger partial charge in [-0.15, -0.1) is 0 Å². The fourth-order valence-corrected chi connectivity index (χ4v) is 5.31. The molecule has 2 N–H and O–H groups in total. The van der Waals surface area contributed by atoms with Gasteiger partial charge in [0.25, 0.3) is 0 Å². The SMILES string of the molecule is CS(=O)(=O)N[C@H]1[C@H](NC2CCN(c3ccccc3)CC2)[C@@H]2CCO[C@@H]21. The predicted octanol–water partition coefficient (Wildman–Crippen LogP) is 0.950. The lowest BCUT2D eigenvalue weighted by molar-refractivity contribution is -0.0256. The molecule has 3 fully saturated rings. The van der Waals surface area contributed by atoms with Crippen molar-refractivity contribution in [1.82, 2.24) is 10.0 Å². The predicted molar refractivity (Wildman–Crippen MR) is 98.2 cm³/mol. The maximum absolute atomic E-state index is 11.7. The lowest BCUT2D eigenvalue weighted by Gasteiger charge is -2.50. The average Bonchev–Trinajstić information content (AvgIpc) is 3.03. The van der Waals surface area contributed by atoms with E-state index in [9.17, 15) is 8.42 Å². The zero-order valence-corrected chi connectivity index (χ0v) is 15.4. The second kappa shape index (κ2) is 6.87. The topological polar surface area (TPSA) is 70.7 Å². The minimum Gasteiger partial charge on any atom is -0.376 e. The maximum atomic E-state index is 11.7. The standard InChI is InChI=1S/C18H27N3O3S/c1-25(22,23)20-17-16(15-9-12-24-18(15)17)19-13-7-10-21(11-8-13)14-5-3-2-4-6-14/h2-6,13,15-20H,7-12H2,1H3/t15-,16+,17-,18-/m0/s1. The van der Waals surface area contributed by atoms with Gasteiger partial charge in [0.2, 0.25) is 10.0 Å². The van der Waals surface area contributed by atoms with Crippen molar-refractivity contribution < 1.29 is 13.2 Å². The molecule has 7 heteroatoms. The largest absolute Gasteiger partial charge is 0.376 e. The quantitative estimate of drug-likeness (QED) is 0.813. The summed E-state index contributed by atoms with van der Waals surface area (Å²) < 4.78 is 31.8. The number of fused-ring (bicyclic) bond motifs is 1. The van der Waals surface area contributed by atoms with Crippen molar-refractivity contribution >= 4 is 15.7 Å². The third kappa shape index (κ3) is 3.69. The number of nitrogens with zero attached hydrogens (tertiary/aromatic N) is 1. The third-order valence-electron chi connectivity index (χ3n) is 5.78. The summed E-state index contributed by atoms with van der Waals surface area (Å²) in [5.74, 6) is 0.436. The van der Waals surface area contributed by atoms with Crippen LogP contribution in [0.25, 0.3) is 0 Å². The summed E-state index contributed by atoms with van der Waals surface area (Å²) >= 11 is 0. The van der Waals surface area contributed by atoms with Crippen molar-refractivity contribution in [3.8, 4) is 0 Å². The van der Waals surface area contributed by atoms with Crippen LogP contribution in [-0.4, -0.2) is 58.6 Å². The molecule has 4 rings (SSSR count). The van der Waals surface area contributed by atoms with Crippen molar-refractivity contribution in [2.75, 3.05) is 30.9 Å². The van der Waals surface area contributed by atoms with Gasteiger partial charge < -0.3 is 15.0 Å². The van der Waals surface area contributed by atoms with Crippen LogP contribution in [0.3, 0.4) is 0 Å². The van der Waals surface area contributed by atoms with E-state index in [0.29, 0.717) is 12.0 Å². The Morgan fingerprint density at radius 1 is 1.08 bits per heavy atom. The summed E-state index contributed by atoms with van der Waals surface area (Å²) in [7, 11) is -3.22. The number of hydrogen-bond donors (Lipinski definition) is 2. The molecular weight excluding hydrogens is 338 g/mol. The summed E-state index contributed by atoms with van der Waals surface area (Å²) in [6.07, 6.45) is 4.44. The van der Waals surface area contributed by atoms with Gasteiger partial charge in [0.1, 0.15) is 0 Å². The molecule has 4 atom stereocenters. The summed E-state index contributed by atoms with van der Waals surface area (Å²) in [5.41, 5.74) is 1.28. The van der Waals surface area contributed by atoms with E-state index < -0.39 is 10.0 Å². The summed E-state index contributed by atoms with van der Waals surface area (Å²) in [6.45, 7) is 2.80. The molecule has 1 saturated carbocycles. The summed E-state index contributed by atoms with van der Waals surface area (Å²) in [6, 6.07) is 11.0. The smallest absolute Gasteiger partial charge is 0.209 e. The van der Waals surface area contributed by atoms with Crippen molar-refractivity contribution in [3.05, 3.63) is 30.3 Å². The average molecular weight is 365 g/mol. The molecule has 1 aromatic rings. The van der Waals surface area contributed by atoms with Crippen LogP contribution in [-0.2, 0) is 14.8 Å². The van der Waals surface area contributed by atoms with Gasteiger partial charge in [-0.2, -0.15) is 0 Å². The first-order valence-corrected chi connectivity index (χ1v) is 11.1. The normalized spacial score (nSPS) is 33.1. The minimum absolute atomic E-state index is 0.0385. The van der Waals surface area contributed by atoms with Gasteiger partial charge in [0.15, 0.2) is 0 Å². The maximum Gasteiger partial charge on any atom is 0.209 e. The molecule has 2 heterocycles. The second-order valence-corrected chi connectivity index (χ2v) is 9.27. The van der Waals surface area contributed by atoms with E-state index in [2.05, 4.69) is 39.2 Å². The Morgan fingerprint density at radius 3 is 2.48 bits per heavy atom. The van der Waals surface area contributed by atoms with Gasteiger partial charge >= 0.3 is 0 Å². The molecule has 6 nitrogen and oxygen atoms in total. The third-order valence-corrected chi connectivity index (χ3v) is 6.48. The number of sulfonamides is 1. The van der Waals surface area contributed by atoms with Crippen LogP contribution in [0.15, 0.2) is 30.3 Å². The molecule has 3 aliphatic rings. The van der Waals surface area contributed by atoms with Crippen LogP contribution in [0.5, 0.6) is 0 Å². The van der Waals surface area contributed by atoms with Crippen molar-refractivity contribution in [1.29, 1.82) is 0 Å². The van der Waals surface area contributed by atoms with Crippen molar-refractivity contribution in [3.63, 3.8) is 0 Å². The highest BCUT2D eigenvalue weighted by Crippen LogP contribution is 2.40. The van der Waals surface area contributed by atoms with Crippen LogP contribution in [0.2, 0.25) is 0 Å². The Kier molecular flexibility index (Phi) is 4.75. The molecule has 0 amide bonds. The highest BCUT2D eigenvalue weighted by Gasteiger charge is 2.55. The van der Waals surface area contributed by atoms with Crippen molar-refractivity contribution in [2.24, 2.45) is 5.92 Å². The van der Waals surface area contributed by atoms with Gasteiger partial charge in [-0.25, -0.2) is 13.1 Å². The second-order valence-electron chi connectivity index (χ2n) is 7.49. The van der Waals surface area contributed by atoms with Gasteiger partial charge in [-0.05, 0) is 31.4 Å². The monoisotopic (exact) mass is 365 g/mol. The van der Waals surface area contributed by atoms with Gasteiger partial charge in [0, 0.05) is 43.4 Å². The molecule has 0 radical (unpaired) electrons. The molecule has 2 saturated heterocycles. The molecule has 25 heavy (non-hydrogen) atoms. The Balaban J connectivity index is 1.34. The van der Waals surface area contributed by atoms with Crippen molar-refractivity contribution in [2.45, 2.75) is 43.5 Å². The summed E-state index contributed by atoms with van der Waals surface area (Å²) in [5, 5.41) is 3.74. The number of benzene rings is 1. The van der Waals surface area contributed by atoms with Gasteiger partial charge in [0.05, 0.1) is 18.4 Å². The minimum atomic E-state index is -3.22. The first-order chi connectivity index (χ1) is 12.0. The molecule has 0 spiro atoms. The molecule has 1 aromatic carbocycles. The first-order valence-electron chi connectivity index (χ1n) is 9.16. The van der Waals surface area contributed by atoms with E-state index in [1.54, 1.807) is 0 Å². The van der Waals surface area contributed by atoms with Crippen LogP contribution in [0, 0.1) is 5.92 Å². The lowest BCUT2D eigenvalue weighted by atomic mass is 9.71. The molecule has 2 aliphatic heterocycles. The van der Waals surface area contributed by atoms with E-state index in [4.69, 9.17) is 4.74 Å². The van der Waals surface area contributed by atoms with E-state index in [1.807, 2.05) is 6.07 Å². The number of rotatable bonds is 5. The number of para-hydroxylation sites is 1. The molecule has 0 unspecified atom stereocenters. The number of hydrogen-bond acceptors (Lipinski definition) is 5. The van der Waals surface area contributed by atoms with Crippen LogP contribution >= 0.6 is 0 Å². The zero-order valence-electron chi connectivity index (χ0n) is 14.6. The Labute approximate surface area is 150 Å². The molecule has 1 aliphatic carbocycles.